The molecule has 0 fully saturated rings. The summed E-state index contributed by atoms with van der Waals surface area (Å²) >= 11 is 0. The Kier molecular flexibility index (Phi) is 6.66. The van der Waals surface area contributed by atoms with E-state index in [2.05, 4.69) is 5.32 Å². The molecule has 1 unspecified atom stereocenters. The number of primary amides is 1. The average molecular weight is 282 g/mol. The summed E-state index contributed by atoms with van der Waals surface area (Å²) in [7, 11) is 3.13. The third-order valence-electron chi connectivity index (χ3n) is 2.73. The van der Waals surface area contributed by atoms with Crippen molar-refractivity contribution in [3.05, 3.63) is 18.2 Å². The number of amides is 1. The minimum absolute atomic E-state index is 0.158. The number of rotatable bonds is 9. The van der Waals surface area contributed by atoms with E-state index < -0.39 is 11.9 Å². The topological polar surface area (TPSA) is 82.8 Å². The normalized spacial score (nSPS) is 11.8. The Labute approximate surface area is 119 Å². The third kappa shape index (κ3) is 4.97. The summed E-state index contributed by atoms with van der Waals surface area (Å²) < 4.78 is 15.9. The van der Waals surface area contributed by atoms with Crippen LogP contribution in [0.15, 0.2) is 18.2 Å². The van der Waals surface area contributed by atoms with Gasteiger partial charge in [-0.05, 0) is 13.0 Å². The van der Waals surface area contributed by atoms with Crippen LogP contribution in [0.1, 0.15) is 13.3 Å². The summed E-state index contributed by atoms with van der Waals surface area (Å²) in [6.45, 7) is 2.88. The number of benzene rings is 1. The lowest BCUT2D eigenvalue weighted by Gasteiger charge is -2.16. The fraction of sp³-hybridized carbons (Fsp3) is 0.500. The Morgan fingerprint density at radius 1 is 1.20 bits per heavy atom. The molecule has 0 bridgehead atoms. The molecule has 0 radical (unpaired) electrons. The van der Waals surface area contributed by atoms with E-state index in [-0.39, 0.29) is 6.61 Å². The fourth-order valence-electron chi connectivity index (χ4n) is 1.60. The SMILES string of the molecule is CCCNC(COc1cc(OC)cc(OC)c1)C(N)=O. The minimum Gasteiger partial charge on any atom is -0.496 e. The first-order valence-corrected chi connectivity index (χ1v) is 6.49. The highest BCUT2D eigenvalue weighted by Gasteiger charge is 2.15. The van der Waals surface area contributed by atoms with Crippen LogP contribution < -0.4 is 25.3 Å². The van der Waals surface area contributed by atoms with Crippen molar-refractivity contribution >= 4 is 5.91 Å². The molecule has 3 N–H and O–H groups in total. The molecule has 1 atom stereocenters. The number of nitrogens with two attached hydrogens (primary N) is 1. The molecule has 1 aromatic rings. The summed E-state index contributed by atoms with van der Waals surface area (Å²) in [5.74, 6) is 1.37. The van der Waals surface area contributed by atoms with E-state index in [9.17, 15) is 4.79 Å². The maximum atomic E-state index is 11.3. The first-order valence-electron chi connectivity index (χ1n) is 6.49. The molecule has 0 aliphatic heterocycles. The van der Waals surface area contributed by atoms with Gasteiger partial charge in [0.1, 0.15) is 29.9 Å². The molecular weight excluding hydrogens is 260 g/mol. The maximum absolute atomic E-state index is 11.3. The van der Waals surface area contributed by atoms with E-state index in [0.717, 1.165) is 6.42 Å². The second-order valence-corrected chi connectivity index (χ2v) is 4.27. The number of ether oxygens (including phenoxy) is 3. The predicted molar refractivity (Wildman–Crippen MR) is 76.3 cm³/mol. The molecule has 0 saturated heterocycles. The number of hydrogen-bond donors (Lipinski definition) is 2. The summed E-state index contributed by atoms with van der Waals surface area (Å²) in [5.41, 5.74) is 5.32. The largest absolute Gasteiger partial charge is 0.496 e. The van der Waals surface area contributed by atoms with Gasteiger partial charge in [-0.1, -0.05) is 6.92 Å². The number of hydrogen-bond acceptors (Lipinski definition) is 5. The Morgan fingerprint density at radius 3 is 2.20 bits per heavy atom. The van der Waals surface area contributed by atoms with Crippen LogP contribution in [0.3, 0.4) is 0 Å². The Hall–Kier alpha value is -1.95. The molecule has 20 heavy (non-hydrogen) atoms. The van der Waals surface area contributed by atoms with Gasteiger partial charge in [0.15, 0.2) is 0 Å². The second kappa shape index (κ2) is 8.27. The number of carbonyl (C=O) groups is 1. The van der Waals surface area contributed by atoms with Crippen molar-refractivity contribution in [3.63, 3.8) is 0 Å². The van der Waals surface area contributed by atoms with Gasteiger partial charge < -0.3 is 25.3 Å². The van der Waals surface area contributed by atoms with Crippen molar-refractivity contribution in [3.8, 4) is 17.2 Å². The van der Waals surface area contributed by atoms with Crippen molar-refractivity contribution in [1.82, 2.24) is 5.32 Å². The van der Waals surface area contributed by atoms with Gasteiger partial charge in [-0.25, -0.2) is 0 Å². The molecule has 6 nitrogen and oxygen atoms in total. The molecule has 0 spiro atoms. The van der Waals surface area contributed by atoms with Crippen LogP contribution in [0.4, 0.5) is 0 Å². The van der Waals surface area contributed by atoms with Crippen molar-refractivity contribution in [1.29, 1.82) is 0 Å². The van der Waals surface area contributed by atoms with Crippen LogP contribution in [0.25, 0.3) is 0 Å². The number of carbonyl (C=O) groups excluding carboxylic acids is 1. The van der Waals surface area contributed by atoms with Crippen LogP contribution in [-0.2, 0) is 4.79 Å². The van der Waals surface area contributed by atoms with Gasteiger partial charge in [0.05, 0.1) is 14.2 Å². The minimum atomic E-state index is -0.521. The van der Waals surface area contributed by atoms with Gasteiger partial charge in [-0.15, -0.1) is 0 Å². The molecule has 0 heterocycles. The van der Waals surface area contributed by atoms with Gasteiger partial charge in [0.2, 0.25) is 5.91 Å². The molecule has 1 rings (SSSR count). The number of nitrogens with one attached hydrogen (secondary N) is 1. The second-order valence-electron chi connectivity index (χ2n) is 4.27. The molecule has 0 saturated carbocycles. The summed E-state index contributed by atoms with van der Waals surface area (Å²) in [6, 6.07) is 4.67. The highest BCUT2D eigenvalue weighted by molar-refractivity contribution is 5.80. The van der Waals surface area contributed by atoms with E-state index in [0.29, 0.717) is 23.8 Å². The van der Waals surface area contributed by atoms with Crippen molar-refractivity contribution in [2.75, 3.05) is 27.4 Å². The highest BCUT2D eigenvalue weighted by atomic mass is 16.5. The summed E-state index contributed by atoms with van der Waals surface area (Å²) in [6.07, 6.45) is 0.913. The van der Waals surface area contributed by atoms with Crippen LogP contribution in [0, 0.1) is 0 Å². The predicted octanol–water partition coefficient (Wildman–Crippen LogP) is 0.936. The van der Waals surface area contributed by atoms with E-state index in [4.69, 9.17) is 19.9 Å². The molecule has 1 amide bonds. The summed E-state index contributed by atoms with van der Waals surface area (Å²) in [4.78, 5) is 11.3. The van der Waals surface area contributed by atoms with Crippen LogP contribution in [0.2, 0.25) is 0 Å². The number of methoxy groups -OCH3 is 2. The molecule has 0 aromatic heterocycles. The van der Waals surface area contributed by atoms with Crippen LogP contribution >= 0.6 is 0 Å². The lowest BCUT2D eigenvalue weighted by Crippen LogP contribution is -2.45. The quantitative estimate of drug-likeness (QED) is 0.704. The monoisotopic (exact) mass is 282 g/mol. The lowest BCUT2D eigenvalue weighted by molar-refractivity contribution is -0.120. The molecule has 0 aliphatic carbocycles. The van der Waals surface area contributed by atoms with Crippen molar-refractivity contribution < 1.29 is 19.0 Å². The standard InChI is InChI=1S/C14H22N2O4/c1-4-5-16-13(14(15)17)9-20-12-7-10(18-2)6-11(8-12)19-3/h6-8,13,16H,4-5,9H2,1-3H3,(H2,15,17). The molecule has 6 heteroatoms. The Bertz CT molecular complexity index is 415. The van der Waals surface area contributed by atoms with Gasteiger partial charge in [0.25, 0.3) is 0 Å². The lowest BCUT2D eigenvalue weighted by atomic mass is 10.2. The highest BCUT2D eigenvalue weighted by Crippen LogP contribution is 2.27. The first-order chi connectivity index (χ1) is 9.60. The maximum Gasteiger partial charge on any atom is 0.238 e. The fourth-order valence-corrected chi connectivity index (χ4v) is 1.60. The van der Waals surface area contributed by atoms with E-state index in [1.54, 1.807) is 32.4 Å². The third-order valence-corrected chi connectivity index (χ3v) is 2.73. The molecular formula is C14H22N2O4. The zero-order valence-electron chi connectivity index (χ0n) is 12.1. The zero-order chi connectivity index (χ0) is 15.0. The van der Waals surface area contributed by atoms with Gasteiger partial charge in [-0.3, -0.25) is 4.79 Å². The van der Waals surface area contributed by atoms with Gasteiger partial charge in [0, 0.05) is 18.2 Å². The molecule has 1 aromatic carbocycles. The summed E-state index contributed by atoms with van der Waals surface area (Å²) in [5, 5.41) is 3.03. The van der Waals surface area contributed by atoms with Crippen molar-refractivity contribution in [2.45, 2.75) is 19.4 Å². The van der Waals surface area contributed by atoms with E-state index in [1.807, 2.05) is 6.92 Å². The van der Waals surface area contributed by atoms with Gasteiger partial charge in [-0.2, -0.15) is 0 Å². The molecule has 112 valence electrons. The smallest absolute Gasteiger partial charge is 0.238 e. The average Bonchev–Trinajstić information content (AvgIpc) is 2.46. The first kappa shape index (κ1) is 16.1. The Balaban J connectivity index is 2.69. The van der Waals surface area contributed by atoms with E-state index >= 15 is 0 Å². The zero-order valence-corrected chi connectivity index (χ0v) is 12.1. The van der Waals surface area contributed by atoms with Crippen LogP contribution in [0.5, 0.6) is 17.2 Å². The van der Waals surface area contributed by atoms with E-state index in [1.165, 1.54) is 0 Å². The van der Waals surface area contributed by atoms with Gasteiger partial charge >= 0.3 is 0 Å². The van der Waals surface area contributed by atoms with Crippen molar-refractivity contribution in [2.24, 2.45) is 5.73 Å². The molecule has 0 aliphatic rings. The van der Waals surface area contributed by atoms with Crippen LogP contribution in [-0.4, -0.2) is 39.3 Å². The Morgan fingerprint density at radius 2 is 1.75 bits per heavy atom.